The lowest BCUT2D eigenvalue weighted by atomic mass is 10.2. The standard InChI is InChI=1S/C18H20ClNO5S/c19-26(22,23)14-17(13-24-11-15-7-3-1-4-8-15)20-18(21)25-12-16-9-5-2-6-10-16/h1-10,17H,11-14H2,(H,20,21)/t17-/m0/s1. The van der Waals surface area contributed by atoms with E-state index in [1.54, 1.807) is 0 Å². The van der Waals surface area contributed by atoms with Gasteiger partial charge in [-0.25, -0.2) is 13.2 Å². The molecule has 0 fully saturated rings. The van der Waals surface area contributed by atoms with E-state index in [4.69, 9.17) is 20.2 Å². The minimum Gasteiger partial charge on any atom is -0.445 e. The summed E-state index contributed by atoms with van der Waals surface area (Å²) in [5.41, 5.74) is 1.76. The van der Waals surface area contributed by atoms with E-state index in [-0.39, 0.29) is 13.2 Å². The Morgan fingerprint density at radius 2 is 1.50 bits per heavy atom. The Morgan fingerprint density at radius 3 is 2.04 bits per heavy atom. The highest BCUT2D eigenvalue weighted by Gasteiger charge is 2.20. The van der Waals surface area contributed by atoms with E-state index in [9.17, 15) is 13.2 Å². The lowest BCUT2D eigenvalue weighted by molar-refractivity contribution is 0.0934. The number of ether oxygens (including phenoxy) is 2. The zero-order chi connectivity index (χ0) is 18.8. The second-order valence-corrected chi connectivity index (χ2v) is 8.43. The first-order valence-electron chi connectivity index (χ1n) is 7.93. The van der Waals surface area contributed by atoms with E-state index in [1.165, 1.54) is 0 Å². The second-order valence-electron chi connectivity index (χ2n) is 5.61. The van der Waals surface area contributed by atoms with Crippen LogP contribution in [0.4, 0.5) is 4.79 Å². The number of carbonyl (C=O) groups excluding carboxylic acids is 1. The SMILES string of the molecule is O=C(N[C@@H](COCc1ccccc1)CS(=O)(=O)Cl)OCc1ccccc1. The van der Waals surface area contributed by atoms with Crippen LogP contribution in [-0.2, 0) is 31.7 Å². The van der Waals surface area contributed by atoms with Gasteiger partial charge in [0, 0.05) is 10.7 Å². The number of hydrogen-bond donors (Lipinski definition) is 1. The van der Waals surface area contributed by atoms with Crippen molar-refractivity contribution in [2.45, 2.75) is 19.3 Å². The van der Waals surface area contributed by atoms with Crippen LogP contribution in [0.5, 0.6) is 0 Å². The van der Waals surface area contributed by atoms with Crippen LogP contribution >= 0.6 is 10.7 Å². The molecule has 0 unspecified atom stereocenters. The van der Waals surface area contributed by atoms with Crippen molar-refractivity contribution in [1.29, 1.82) is 0 Å². The number of alkyl carbamates (subject to hydrolysis) is 1. The third-order valence-electron chi connectivity index (χ3n) is 3.37. The molecule has 0 aromatic heterocycles. The van der Waals surface area contributed by atoms with Gasteiger partial charge in [0.25, 0.3) is 0 Å². The highest BCUT2D eigenvalue weighted by Crippen LogP contribution is 2.06. The summed E-state index contributed by atoms with van der Waals surface area (Å²) in [4.78, 5) is 11.9. The maximum atomic E-state index is 11.9. The van der Waals surface area contributed by atoms with Gasteiger partial charge in [0.05, 0.1) is 25.0 Å². The van der Waals surface area contributed by atoms with Gasteiger partial charge in [0.15, 0.2) is 0 Å². The van der Waals surface area contributed by atoms with Gasteiger partial charge in [0.1, 0.15) is 6.61 Å². The molecular formula is C18H20ClNO5S. The fraction of sp³-hybridized carbons (Fsp3) is 0.278. The highest BCUT2D eigenvalue weighted by molar-refractivity contribution is 8.13. The van der Waals surface area contributed by atoms with Gasteiger partial charge in [-0.2, -0.15) is 0 Å². The summed E-state index contributed by atoms with van der Waals surface area (Å²) in [5.74, 6) is -0.455. The zero-order valence-corrected chi connectivity index (χ0v) is 15.6. The lowest BCUT2D eigenvalue weighted by Gasteiger charge is -2.17. The van der Waals surface area contributed by atoms with Gasteiger partial charge in [-0.15, -0.1) is 0 Å². The first-order chi connectivity index (χ1) is 12.4. The Bertz CT molecular complexity index is 784. The summed E-state index contributed by atoms with van der Waals surface area (Å²) in [6.45, 7) is 0.361. The van der Waals surface area contributed by atoms with Crippen molar-refractivity contribution in [2.24, 2.45) is 0 Å². The fourth-order valence-corrected chi connectivity index (χ4v) is 3.31. The maximum Gasteiger partial charge on any atom is 0.407 e. The van der Waals surface area contributed by atoms with Gasteiger partial charge < -0.3 is 14.8 Å². The zero-order valence-electron chi connectivity index (χ0n) is 14.0. The van der Waals surface area contributed by atoms with Crippen LogP contribution in [0.3, 0.4) is 0 Å². The van der Waals surface area contributed by atoms with Crippen LogP contribution in [0.1, 0.15) is 11.1 Å². The number of carbonyl (C=O) groups is 1. The molecule has 1 N–H and O–H groups in total. The van der Waals surface area contributed by atoms with Crippen LogP contribution < -0.4 is 5.32 Å². The molecule has 0 aliphatic rings. The third kappa shape index (κ3) is 8.33. The molecule has 2 aromatic carbocycles. The van der Waals surface area contributed by atoms with Crippen LogP contribution in [0.25, 0.3) is 0 Å². The lowest BCUT2D eigenvalue weighted by Crippen LogP contribution is -2.42. The molecule has 0 aliphatic heterocycles. The molecule has 0 aliphatic carbocycles. The van der Waals surface area contributed by atoms with Crippen molar-refractivity contribution in [3.8, 4) is 0 Å². The Morgan fingerprint density at radius 1 is 0.962 bits per heavy atom. The molecule has 6 nitrogen and oxygen atoms in total. The van der Waals surface area contributed by atoms with Crippen molar-refractivity contribution in [3.63, 3.8) is 0 Å². The molecule has 0 heterocycles. The summed E-state index contributed by atoms with van der Waals surface area (Å²) in [6, 6.07) is 17.7. The average Bonchev–Trinajstić information content (AvgIpc) is 2.60. The van der Waals surface area contributed by atoms with Gasteiger partial charge in [-0.3, -0.25) is 0 Å². The molecule has 26 heavy (non-hydrogen) atoms. The summed E-state index contributed by atoms with van der Waals surface area (Å²) < 4.78 is 33.3. The molecule has 2 aromatic rings. The molecule has 0 bridgehead atoms. The smallest absolute Gasteiger partial charge is 0.407 e. The van der Waals surface area contributed by atoms with E-state index >= 15 is 0 Å². The topological polar surface area (TPSA) is 81.7 Å². The summed E-state index contributed by atoms with van der Waals surface area (Å²) in [7, 11) is 1.50. The van der Waals surface area contributed by atoms with Crippen molar-refractivity contribution in [3.05, 3.63) is 71.8 Å². The minimum absolute atomic E-state index is 0.0126. The fourth-order valence-electron chi connectivity index (χ4n) is 2.20. The molecule has 2 rings (SSSR count). The van der Waals surface area contributed by atoms with Crippen molar-refractivity contribution < 1.29 is 22.7 Å². The molecule has 140 valence electrons. The van der Waals surface area contributed by atoms with Gasteiger partial charge >= 0.3 is 6.09 Å². The average molecular weight is 398 g/mol. The normalized spacial score (nSPS) is 12.3. The van der Waals surface area contributed by atoms with Crippen LogP contribution in [0.2, 0.25) is 0 Å². The van der Waals surface area contributed by atoms with Crippen LogP contribution in [0.15, 0.2) is 60.7 Å². The first-order valence-corrected chi connectivity index (χ1v) is 10.4. The molecule has 1 amide bonds. The Labute approximate surface area is 157 Å². The quantitative estimate of drug-likeness (QED) is 0.657. The Balaban J connectivity index is 1.84. The summed E-state index contributed by atoms with van der Waals surface area (Å²) in [6.07, 6.45) is -0.734. The van der Waals surface area contributed by atoms with Gasteiger partial charge in [-0.05, 0) is 11.1 Å². The predicted octanol–water partition coefficient (Wildman–Crippen LogP) is 3.07. The number of halogens is 1. The monoisotopic (exact) mass is 397 g/mol. The molecule has 8 heteroatoms. The van der Waals surface area contributed by atoms with Crippen molar-refractivity contribution in [2.75, 3.05) is 12.4 Å². The first kappa shape index (κ1) is 20.2. The summed E-state index contributed by atoms with van der Waals surface area (Å²) >= 11 is 0. The van der Waals surface area contributed by atoms with Crippen LogP contribution in [0, 0.1) is 0 Å². The number of amides is 1. The van der Waals surface area contributed by atoms with E-state index < -0.39 is 26.9 Å². The number of rotatable bonds is 9. The van der Waals surface area contributed by atoms with E-state index in [0.717, 1.165) is 11.1 Å². The third-order valence-corrected chi connectivity index (χ3v) is 4.54. The van der Waals surface area contributed by atoms with E-state index in [2.05, 4.69) is 5.32 Å². The largest absolute Gasteiger partial charge is 0.445 e. The maximum absolute atomic E-state index is 11.9. The minimum atomic E-state index is -3.81. The van der Waals surface area contributed by atoms with E-state index in [1.807, 2.05) is 60.7 Å². The Kier molecular flexibility index (Phi) is 7.90. The molecule has 0 spiro atoms. The molecular weight excluding hydrogens is 378 g/mol. The highest BCUT2D eigenvalue weighted by atomic mass is 35.7. The molecule has 0 saturated heterocycles. The molecule has 1 atom stereocenters. The molecule has 0 saturated carbocycles. The second kappa shape index (κ2) is 10.2. The number of benzene rings is 2. The number of hydrogen-bond acceptors (Lipinski definition) is 5. The van der Waals surface area contributed by atoms with Crippen molar-refractivity contribution in [1.82, 2.24) is 5.32 Å². The Hall–Kier alpha value is -2.09. The van der Waals surface area contributed by atoms with Crippen LogP contribution in [-0.4, -0.2) is 32.9 Å². The van der Waals surface area contributed by atoms with Gasteiger partial charge in [0.2, 0.25) is 9.05 Å². The van der Waals surface area contributed by atoms with Gasteiger partial charge in [-0.1, -0.05) is 60.7 Å². The van der Waals surface area contributed by atoms with Crippen molar-refractivity contribution >= 4 is 25.8 Å². The summed E-state index contributed by atoms with van der Waals surface area (Å²) in [5, 5.41) is 2.48. The van der Waals surface area contributed by atoms with E-state index in [0.29, 0.717) is 6.61 Å². The molecule has 0 radical (unpaired) electrons. The number of nitrogens with one attached hydrogen (secondary N) is 1. The predicted molar refractivity (Wildman–Crippen MR) is 99.3 cm³/mol.